The number of amides is 2. The molecule has 0 aromatic heterocycles. The molecular weight excluding hydrogens is 490 g/mol. The minimum absolute atomic E-state index is 0.165. The molecular formula is C33H23NO5. The first kappa shape index (κ1) is 23.3. The average molecular weight is 514 g/mol. The first-order valence-corrected chi connectivity index (χ1v) is 13.0. The van der Waals surface area contributed by atoms with Crippen molar-refractivity contribution >= 4 is 29.3 Å². The number of hydrogen-bond acceptors (Lipinski definition) is 5. The van der Waals surface area contributed by atoms with Gasteiger partial charge >= 0.3 is 5.97 Å². The predicted octanol–water partition coefficient (Wildman–Crippen LogP) is 5.12. The van der Waals surface area contributed by atoms with Gasteiger partial charge in [-0.2, -0.15) is 0 Å². The highest BCUT2D eigenvalue weighted by Gasteiger charge is 2.61. The number of nitrogens with zero attached hydrogens (tertiary/aromatic N) is 1. The van der Waals surface area contributed by atoms with E-state index in [2.05, 4.69) is 24.3 Å². The van der Waals surface area contributed by atoms with Gasteiger partial charge in [-0.1, -0.05) is 84.9 Å². The second kappa shape index (κ2) is 8.88. The Labute approximate surface area is 224 Å². The highest BCUT2D eigenvalue weighted by molar-refractivity contribution is 6.23. The summed E-state index contributed by atoms with van der Waals surface area (Å²) in [7, 11) is 0. The molecule has 1 saturated heterocycles. The summed E-state index contributed by atoms with van der Waals surface area (Å²) in [6, 6.07) is 31.1. The third kappa shape index (κ3) is 3.48. The Hall–Kier alpha value is -4.84. The lowest BCUT2D eigenvalue weighted by Gasteiger charge is -2.45. The number of esters is 1. The van der Waals surface area contributed by atoms with Crippen LogP contribution < -0.4 is 4.90 Å². The van der Waals surface area contributed by atoms with Crippen molar-refractivity contribution in [3.8, 4) is 0 Å². The lowest BCUT2D eigenvalue weighted by molar-refractivity contribution is -0.122. The molecule has 1 aliphatic heterocycles. The minimum Gasteiger partial charge on any atom is -0.454 e. The summed E-state index contributed by atoms with van der Waals surface area (Å²) in [5.41, 5.74) is 5.36. The van der Waals surface area contributed by atoms with Crippen molar-refractivity contribution in [2.24, 2.45) is 11.8 Å². The fourth-order valence-corrected chi connectivity index (χ4v) is 6.63. The topological polar surface area (TPSA) is 80.8 Å². The van der Waals surface area contributed by atoms with Gasteiger partial charge in [0, 0.05) is 17.4 Å². The molecule has 8 rings (SSSR count). The Morgan fingerprint density at radius 3 is 1.64 bits per heavy atom. The van der Waals surface area contributed by atoms with Crippen LogP contribution in [0.1, 0.15) is 54.8 Å². The first-order valence-electron chi connectivity index (χ1n) is 13.0. The molecule has 2 bridgehead atoms. The molecule has 4 aliphatic rings. The second-order valence-corrected chi connectivity index (χ2v) is 10.2. The van der Waals surface area contributed by atoms with Gasteiger partial charge < -0.3 is 4.74 Å². The maximum absolute atomic E-state index is 14.0. The Morgan fingerprint density at radius 2 is 1.10 bits per heavy atom. The summed E-state index contributed by atoms with van der Waals surface area (Å²) in [4.78, 5) is 54.3. The summed E-state index contributed by atoms with van der Waals surface area (Å²) in [6.07, 6.45) is 0. The van der Waals surface area contributed by atoms with E-state index in [1.54, 1.807) is 48.5 Å². The van der Waals surface area contributed by atoms with Crippen molar-refractivity contribution in [3.63, 3.8) is 0 Å². The van der Waals surface area contributed by atoms with E-state index in [1.165, 1.54) is 11.0 Å². The van der Waals surface area contributed by atoms with Gasteiger partial charge in [0.2, 0.25) is 11.8 Å². The largest absolute Gasteiger partial charge is 0.454 e. The molecule has 0 saturated carbocycles. The van der Waals surface area contributed by atoms with E-state index in [1.807, 2.05) is 24.3 Å². The van der Waals surface area contributed by atoms with Crippen LogP contribution in [0, 0.1) is 11.8 Å². The van der Waals surface area contributed by atoms with Gasteiger partial charge in [-0.05, 0) is 40.5 Å². The number of imide groups is 1. The predicted molar refractivity (Wildman–Crippen MR) is 144 cm³/mol. The molecule has 1 heterocycles. The average Bonchev–Trinajstić information content (AvgIpc) is 3.26. The lowest BCUT2D eigenvalue weighted by Crippen LogP contribution is -2.41. The number of rotatable bonds is 5. The van der Waals surface area contributed by atoms with Gasteiger partial charge in [0.1, 0.15) is 0 Å². The maximum Gasteiger partial charge on any atom is 0.338 e. The SMILES string of the molecule is O=C(COC(=O)c1cccc(N2C(=O)[C@@H]3C4c5ccccc5C(c5ccccc54)[C@@H]3C2=O)c1)c1ccccc1. The minimum atomic E-state index is -0.697. The van der Waals surface area contributed by atoms with Crippen molar-refractivity contribution in [1.29, 1.82) is 0 Å². The monoisotopic (exact) mass is 513 g/mol. The summed E-state index contributed by atoms with van der Waals surface area (Å²) < 4.78 is 5.26. The van der Waals surface area contributed by atoms with Crippen LogP contribution in [0.3, 0.4) is 0 Å². The van der Waals surface area contributed by atoms with Gasteiger partial charge in [0.25, 0.3) is 0 Å². The van der Waals surface area contributed by atoms with Crippen LogP contribution in [0.4, 0.5) is 5.69 Å². The fraction of sp³-hybridized carbons (Fsp3) is 0.152. The summed E-state index contributed by atoms with van der Waals surface area (Å²) in [5.74, 6) is -2.95. The highest BCUT2D eigenvalue weighted by Crippen LogP contribution is 2.61. The van der Waals surface area contributed by atoms with Gasteiger partial charge in [-0.25, -0.2) is 9.69 Å². The van der Waals surface area contributed by atoms with E-state index >= 15 is 0 Å². The van der Waals surface area contributed by atoms with Crippen LogP contribution in [0.25, 0.3) is 0 Å². The van der Waals surface area contributed by atoms with E-state index < -0.39 is 24.4 Å². The van der Waals surface area contributed by atoms with E-state index in [-0.39, 0.29) is 35.0 Å². The molecule has 1 fully saturated rings. The Morgan fingerprint density at radius 1 is 0.615 bits per heavy atom. The highest BCUT2D eigenvalue weighted by atomic mass is 16.5. The van der Waals surface area contributed by atoms with Gasteiger partial charge in [-0.3, -0.25) is 14.4 Å². The Bertz CT molecular complexity index is 1560. The maximum atomic E-state index is 14.0. The fourth-order valence-electron chi connectivity index (χ4n) is 6.63. The Kier molecular flexibility index (Phi) is 5.30. The summed E-state index contributed by atoms with van der Waals surface area (Å²) in [5, 5.41) is 0. The zero-order valence-corrected chi connectivity index (χ0v) is 20.8. The van der Waals surface area contributed by atoms with Crippen molar-refractivity contribution in [2.75, 3.05) is 11.5 Å². The van der Waals surface area contributed by atoms with E-state index in [4.69, 9.17) is 4.74 Å². The van der Waals surface area contributed by atoms with Gasteiger partial charge in [0.05, 0.1) is 23.1 Å². The molecule has 4 aromatic rings. The number of ether oxygens (including phenoxy) is 1. The van der Waals surface area contributed by atoms with Crippen LogP contribution in [0.5, 0.6) is 0 Å². The third-order valence-electron chi connectivity index (χ3n) is 8.22. The van der Waals surface area contributed by atoms with Gasteiger partial charge in [-0.15, -0.1) is 0 Å². The molecule has 0 radical (unpaired) electrons. The van der Waals surface area contributed by atoms with Crippen LogP contribution in [-0.2, 0) is 14.3 Å². The molecule has 3 aliphatic carbocycles. The zero-order valence-electron chi connectivity index (χ0n) is 20.8. The number of carbonyl (C=O) groups is 4. The summed E-state index contributed by atoms with van der Waals surface area (Å²) >= 11 is 0. The normalized spacial score (nSPS) is 22.2. The second-order valence-electron chi connectivity index (χ2n) is 10.2. The molecule has 0 spiro atoms. The molecule has 39 heavy (non-hydrogen) atoms. The quantitative estimate of drug-likeness (QED) is 0.210. The van der Waals surface area contributed by atoms with Crippen LogP contribution in [0.2, 0.25) is 0 Å². The van der Waals surface area contributed by atoms with Crippen molar-refractivity contribution in [1.82, 2.24) is 0 Å². The Balaban J connectivity index is 1.19. The molecule has 2 amide bonds. The number of Topliss-reactive ketones (excluding diaryl/α,β-unsaturated/α-hetero) is 1. The lowest BCUT2D eigenvalue weighted by atomic mass is 9.55. The molecule has 190 valence electrons. The smallest absolute Gasteiger partial charge is 0.338 e. The molecule has 0 N–H and O–H groups in total. The number of carbonyl (C=O) groups excluding carboxylic acids is 4. The molecule has 0 unspecified atom stereocenters. The number of ketones is 1. The van der Waals surface area contributed by atoms with E-state index in [0.717, 1.165) is 22.3 Å². The van der Waals surface area contributed by atoms with E-state index in [0.29, 0.717) is 11.3 Å². The molecule has 6 heteroatoms. The molecule has 6 nitrogen and oxygen atoms in total. The molecule has 4 aromatic carbocycles. The zero-order chi connectivity index (χ0) is 26.7. The number of anilines is 1. The first-order chi connectivity index (χ1) is 19.0. The summed E-state index contributed by atoms with van der Waals surface area (Å²) in [6.45, 7) is -0.404. The van der Waals surface area contributed by atoms with Crippen molar-refractivity contribution in [2.45, 2.75) is 11.8 Å². The van der Waals surface area contributed by atoms with Gasteiger partial charge in [0.15, 0.2) is 12.4 Å². The standard InChI is InChI=1S/C33H23NO5/c35-26(19-9-2-1-3-10-19)18-39-33(38)20-11-8-12-21(17-20)34-31(36)29-27-22-13-4-5-14-23(22)28(30(29)32(34)37)25-16-7-6-15-24(25)27/h1-17,27-30H,18H2/t27?,28?,29-,30+. The van der Waals surface area contributed by atoms with E-state index in [9.17, 15) is 19.2 Å². The van der Waals surface area contributed by atoms with Crippen LogP contribution >= 0.6 is 0 Å². The number of hydrogen-bond donors (Lipinski definition) is 0. The van der Waals surface area contributed by atoms with Crippen LogP contribution in [0.15, 0.2) is 103 Å². The number of benzene rings is 4. The van der Waals surface area contributed by atoms with Crippen LogP contribution in [-0.4, -0.2) is 30.2 Å². The molecule has 2 atom stereocenters. The third-order valence-corrected chi connectivity index (χ3v) is 8.22. The van der Waals surface area contributed by atoms with Crippen molar-refractivity contribution < 1.29 is 23.9 Å². The van der Waals surface area contributed by atoms with Crippen molar-refractivity contribution in [3.05, 3.63) is 137 Å².